The van der Waals surface area contributed by atoms with Crippen LogP contribution in [0.5, 0.6) is 0 Å². The highest BCUT2D eigenvalue weighted by molar-refractivity contribution is 8.03. The summed E-state index contributed by atoms with van der Waals surface area (Å²) in [6.45, 7) is 8.86. The number of rotatable bonds is 11. The first-order valence-corrected chi connectivity index (χ1v) is 14.2. The number of carboxylic acid groups (broad SMARTS) is 1. The van der Waals surface area contributed by atoms with Gasteiger partial charge in [-0.15, -0.1) is 22.7 Å². The molecule has 4 rings (SSSR count). The van der Waals surface area contributed by atoms with Gasteiger partial charge in [0.25, 0.3) is 0 Å². The van der Waals surface area contributed by atoms with Crippen LogP contribution >= 0.6 is 34.4 Å². The number of thioether (sulfide) groups is 1. The van der Waals surface area contributed by atoms with Gasteiger partial charge in [0.05, 0.1) is 17.9 Å². The molecule has 0 amide bonds. The molecule has 10 heteroatoms. The van der Waals surface area contributed by atoms with Crippen molar-refractivity contribution in [2.75, 3.05) is 11.4 Å². The van der Waals surface area contributed by atoms with Crippen LogP contribution in [0.15, 0.2) is 52.4 Å². The lowest BCUT2D eigenvalue weighted by Crippen LogP contribution is -2.27. The van der Waals surface area contributed by atoms with E-state index in [0.29, 0.717) is 25.5 Å². The highest BCUT2D eigenvalue weighted by atomic mass is 32.2. The van der Waals surface area contributed by atoms with Crippen molar-refractivity contribution in [3.05, 3.63) is 69.9 Å². The predicted octanol–water partition coefficient (Wildman–Crippen LogP) is 6.13. The standard InChI is InChI=1S/C26H29N5O2S3/c1-5-18-13-27-24(28-14-18)31(12-11-20-16-34-25(30-20)36-26(3,4)23(32)33)15-21-17(2)29-22(35-21)19-9-7-6-8-10-19/h6-10,13-14,16H,5,11-12,15H2,1-4H3,(H,32,33). The zero-order chi connectivity index (χ0) is 25.7. The van der Waals surface area contributed by atoms with Gasteiger partial charge >= 0.3 is 5.97 Å². The number of hydrogen-bond donors (Lipinski definition) is 1. The molecule has 1 aromatic carbocycles. The van der Waals surface area contributed by atoms with Gasteiger partial charge in [-0.25, -0.2) is 19.9 Å². The van der Waals surface area contributed by atoms with E-state index in [1.807, 2.05) is 42.9 Å². The van der Waals surface area contributed by atoms with Gasteiger partial charge in [-0.2, -0.15) is 0 Å². The topological polar surface area (TPSA) is 92.1 Å². The van der Waals surface area contributed by atoms with Gasteiger partial charge in [0, 0.05) is 41.2 Å². The first-order chi connectivity index (χ1) is 17.2. The van der Waals surface area contributed by atoms with Crippen molar-refractivity contribution in [1.29, 1.82) is 0 Å². The van der Waals surface area contributed by atoms with Crippen molar-refractivity contribution in [1.82, 2.24) is 19.9 Å². The maximum Gasteiger partial charge on any atom is 0.319 e. The minimum atomic E-state index is -0.920. The Balaban J connectivity index is 1.52. The quantitative estimate of drug-likeness (QED) is 0.228. The summed E-state index contributed by atoms with van der Waals surface area (Å²) in [5.74, 6) is -0.170. The molecule has 0 atom stereocenters. The molecule has 0 saturated heterocycles. The smallest absolute Gasteiger partial charge is 0.319 e. The average Bonchev–Trinajstić information content (AvgIpc) is 3.47. The third-order valence-electron chi connectivity index (χ3n) is 5.66. The monoisotopic (exact) mass is 539 g/mol. The summed E-state index contributed by atoms with van der Waals surface area (Å²) in [5.41, 5.74) is 4.16. The zero-order valence-electron chi connectivity index (χ0n) is 20.8. The molecule has 0 radical (unpaired) electrons. The highest BCUT2D eigenvalue weighted by Crippen LogP contribution is 2.35. The third-order valence-corrected chi connectivity index (χ3v) is 9.02. The Morgan fingerprint density at radius 1 is 1.14 bits per heavy atom. The van der Waals surface area contributed by atoms with Gasteiger partial charge in [-0.3, -0.25) is 4.79 Å². The van der Waals surface area contributed by atoms with Crippen molar-refractivity contribution < 1.29 is 9.90 Å². The Bertz CT molecular complexity index is 1300. The second-order valence-corrected chi connectivity index (χ2v) is 12.6. The lowest BCUT2D eigenvalue weighted by Gasteiger charge is -2.22. The van der Waals surface area contributed by atoms with Gasteiger partial charge in [0.2, 0.25) is 5.95 Å². The molecule has 3 aromatic heterocycles. The summed E-state index contributed by atoms with van der Waals surface area (Å²) in [4.78, 5) is 33.6. The van der Waals surface area contributed by atoms with Gasteiger partial charge < -0.3 is 10.0 Å². The van der Waals surface area contributed by atoms with Crippen LogP contribution in [0.2, 0.25) is 0 Å². The number of hydrogen-bond acceptors (Lipinski definition) is 9. The van der Waals surface area contributed by atoms with E-state index in [9.17, 15) is 9.90 Å². The molecule has 0 saturated carbocycles. The van der Waals surface area contributed by atoms with Crippen molar-refractivity contribution in [2.45, 2.75) is 56.2 Å². The lowest BCUT2D eigenvalue weighted by molar-refractivity contribution is -0.138. The molecule has 188 valence electrons. The number of nitrogens with zero attached hydrogens (tertiary/aromatic N) is 5. The molecular weight excluding hydrogens is 511 g/mol. The summed E-state index contributed by atoms with van der Waals surface area (Å²) >= 11 is 4.46. The molecule has 0 bridgehead atoms. The van der Waals surface area contributed by atoms with Crippen LogP contribution in [0.1, 0.15) is 42.6 Å². The van der Waals surface area contributed by atoms with E-state index in [1.165, 1.54) is 28.0 Å². The summed E-state index contributed by atoms with van der Waals surface area (Å²) in [6.07, 6.45) is 5.36. The molecule has 4 aromatic rings. The van der Waals surface area contributed by atoms with E-state index in [1.54, 1.807) is 25.2 Å². The molecule has 0 aliphatic heterocycles. The normalized spacial score (nSPS) is 11.6. The highest BCUT2D eigenvalue weighted by Gasteiger charge is 2.30. The molecule has 0 aliphatic carbocycles. The van der Waals surface area contributed by atoms with Gasteiger partial charge in [0.1, 0.15) is 9.75 Å². The minimum Gasteiger partial charge on any atom is -0.480 e. The van der Waals surface area contributed by atoms with Crippen LogP contribution in [0.3, 0.4) is 0 Å². The van der Waals surface area contributed by atoms with E-state index in [2.05, 4.69) is 38.9 Å². The predicted molar refractivity (Wildman–Crippen MR) is 148 cm³/mol. The van der Waals surface area contributed by atoms with Crippen LogP contribution < -0.4 is 4.90 Å². The zero-order valence-corrected chi connectivity index (χ0v) is 23.2. The number of carboxylic acids is 1. The molecule has 36 heavy (non-hydrogen) atoms. The summed E-state index contributed by atoms with van der Waals surface area (Å²) < 4.78 is -0.158. The second-order valence-electron chi connectivity index (χ2n) is 8.83. The van der Waals surface area contributed by atoms with Crippen LogP contribution in [-0.2, 0) is 24.2 Å². The number of aryl methyl sites for hydroxylation is 2. The Morgan fingerprint density at radius 2 is 1.86 bits per heavy atom. The maximum absolute atomic E-state index is 11.5. The van der Waals surface area contributed by atoms with E-state index < -0.39 is 10.7 Å². The number of anilines is 1. The van der Waals surface area contributed by atoms with E-state index >= 15 is 0 Å². The van der Waals surface area contributed by atoms with Crippen molar-refractivity contribution in [3.8, 4) is 10.6 Å². The Labute approximate surface area is 223 Å². The molecule has 0 spiro atoms. The molecule has 1 N–H and O–H groups in total. The van der Waals surface area contributed by atoms with Crippen molar-refractivity contribution in [3.63, 3.8) is 0 Å². The van der Waals surface area contributed by atoms with E-state index in [0.717, 1.165) is 38.3 Å². The molecule has 0 aliphatic rings. The van der Waals surface area contributed by atoms with Crippen LogP contribution in [0.25, 0.3) is 10.6 Å². The van der Waals surface area contributed by atoms with Gasteiger partial charge in [-0.1, -0.05) is 49.0 Å². The maximum atomic E-state index is 11.5. The van der Waals surface area contributed by atoms with Crippen LogP contribution in [-0.4, -0.2) is 42.3 Å². The average molecular weight is 540 g/mol. The fraction of sp³-hybridized carbons (Fsp3) is 0.346. The summed E-state index contributed by atoms with van der Waals surface area (Å²) in [6, 6.07) is 10.2. The van der Waals surface area contributed by atoms with Crippen molar-refractivity contribution in [2.24, 2.45) is 0 Å². The molecule has 3 heterocycles. The lowest BCUT2D eigenvalue weighted by atomic mass is 10.2. The first kappa shape index (κ1) is 26.2. The number of thiazole rings is 2. The molecule has 7 nitrogen and oxygen atoms in total. The largest absolute Gasteiger partial charge is 0.480 e. The summed E-state index contributed by atoms with van der Waals surface area (Å²) in [5, 5.41) is 12.4. The Hall–Kier alpha value is -2.82. The fourth-order valence-corrected chi connectivity index (χ4v) is 6.67. The van der Waals surface area contributed by atoms with Crippen LogP contribution in [0.4, 0.5) is 5.95 Å². The minimum absolute atomic E-state index is 0.652. The number of carbonyl (C=O) groups is 1. The van der Waals surface area contributed by atoms with Gasteiger partial charge in [0.15, 0.2) is 4.34 Å². The molecule has 0 fully saturated rings. The van der Waals surface area contributed by atoms with Crippen molar-refractivity contribution >= 4 is 46.4 Å². The number of aliphatic carboxylic acids is 1. The number of benzene rings is 1. The van der Waals surface area contributed by atoms with E-state index in [4.69, 9.17) is 4.98 Å². The molecule has 0 unspecified atom stereocenters. The second kappa shape index (κ2) is 11.5. The van der Waals surface area contributed by atoms with Gasteiger partial charge in [-0.05, 0) is 32.8 Å². The fourth-order valence-electron chi connectivity index (χ4n) is 3.36. The Kier molecular flexibility index (Phi) is 8.38. The van der Waals surface area contributed by atoms with E-state index in [-0.39, 0.29) is 0 Å². The summed E-state index contributed by atoms with van der Waals surface area (Å²) in [7, 11) is 0. The molecular formula is C26H29N5O2S3. The number of aromatic nitrogens is 4. The third kappa shape index (κ3) is 6.48. The SMILES string of the molecule is CCc1cnc(N(CCc2csc(SC(C)(C)C(=O)O)n2)Cc2sc(-c3ccccc3)nc2C)nc1. The van der Waals surface area contributed by atoms with Crippen LogP contribution in [0, 0.1) is 6.92 Å². The first-order valence-electron chi connectivity index (χ1n) is 11.7. The Morgan fingerprint density at radius 3 is 2.53 bits per heavy atom.